The molecule has 0 bridgehead atoms. The summed E-state index contributed by atoms with van der Waals surface area (Å²) in [5.41, 5.74) is 3.70. The number of H-pyrrole nitrogens is 1. The molecule has 0 spiro atoms. The van der Waals surface area contributed by atoms with Crippen LogP contribution in [0.15, 0.2) is 54.7 Å². The van der Waals surface area contributed by atoms with Crippen LogP contribution >= 0.6 is 11.6 Å². The van der Waals surface area contributed by atoms with Gasteiger partial charge in [-0.2, -0.15) is 0 Å². The minimum Gasteiger partial charge on any atom is -0.361 e. The van der Waals surface area contributed by atoms with Crippen molar-refractivity contribution >= 4 is 22.5 Å². The van der Waals surface area contributed by atoms with Gasteiger partial charge in [-0.25, -0.2) is 0 Å². The van der Waals surface area contributed by atoms with Crippen LogP contribution in [0.4, 0.5) is 0 Å². The fraction of sp³-hybridized carbons (Fsp3) is 0.222. The van der Waals surface area contributed by atoms with E-state index in [-0.39, 0.29) is 0 Å². The van der Waals surface area contributed by atoms with Crippen LogP contribution in [0.25, 0.3) is 10.9 Å². The fourth-order valence-corrected chi connectivity index (χ4v) is 2.87. The molecule has 2 N–H and O–H groups in total. The molecule has 0 aliphatic heterocycles. The van der Waals surface area contributed by atoms with Crippen LogP contribution in [0.5, 0.6) is 0 Å². The first-order valence-electron chi connectivity index (χ1n) is 7.26. The highest BCUT2D eigenvalue weighted by Gasteiger charge is 2.07. The average molecular weight is 299 g/mol. The molecule has 0 amide bonds. The third-order valence-electron chi connectivity index (χ3n) is 3.81. The summed E-state index contributed by atoms with van der Waals surface area (Å²) in [6, 6.07) is 16.9. The largest absolute Gasteiger partial charge is 0.361 e. The number of hydrogen-bond donors (Lipinski definition) is 2. The Morgan fingerprint density at radius 1 is 1.05 bits per heavy atom. The molecule has 1 heterocycles. The van der Waals surface area contributed by atoms with Crippen molar-refractivity contribution in [2.75, 3.05) is 0 Å². The zero-order valence-corrected chi connectivity index (χ0v) is 12.8. The monoisotopic (exact) mass is 298 g/mol. The van der Waals surface area contributed by atoms with Gasteiger partial charge in [0, 0.05) is 34.7 Å². The molecule has 1 atom stereocenters. The molecule has 0 fully saturated rings. The fourth-order valence-electron chi connectivity index (χ4n) is 2.65. The van der Waals surface area contributed by atoms with Gasteiger partial charge < -0.3 is 10.3 Å². The van der Waals surface area contributed by atoms with E-state index in [0.717, 1.165) is 18.0 Å². The van der Waals surface area contributed by atoms with Crippen molar-refractivity contribution in [1.82, 2.24) is 10.3 Å². The Morgan fingerprint density at radius 2 is 1.86 bits per heavy atom. The second kappa shape index (κ2) is 6.33. The van der Waals surface area contributed by atoms with Crippen molar-refractivity contribution < 1.29 is 0 Å². The van der Waals surface area contributed by atoms with Crippen LogP contribution in [0, 0.1) is 0 Å². The normalized spacial score (nSPS) is 12.7. The minimum absolute atomic E-state index is 0.374. The van der Waals surface area contributed by atoms with E-state index >= 15 is 0 Å². The maximum absolute atomic E-state index is 6.22. The van der Waals surface area contributed by atoms with E-state index in [4.69, 9.17) is 11.6 Å². The lowest BCUT2D eigenvalue weighted by atomic mass is 10.1. The maximum atomic E-state index is 6.22. The summed E-state index contributed by atoms with van der Waals surface area (Å²) in [6.07, 6.45) is 2.92. The first-order chi connectivity index (χ1) is 10.2. The molecule has 21 heavy (non-hydrogen) atoms. The van der Waals surface area contributed by atoms with E-state index < -0.39 is 0 Å². The summed E-state index contributed by atoms with van der Waals surface area (Å²) in [4.78, 5) is 3.25. The summed E-state index contributed by atoms with van der Waals surface area (Å²) >= 11 is 6.22. The molecule has 0 saturated heterocycles. The van der Waals surface area contributed by atoms with Crippen LogP contribution in [-0.4, -0.2) is 11.0 Å². The number of benzene rings is 2. The van der Waals surface area contributed by atoms with Crippen molar-refractivity contribution in [2.45, 2.75) is 25.9 Å². The Bertz CT molecular complexity index is 733. The van der Waals surface area contributed by atoms with Gasteiger partial charge in [0.2, 0.25) is 0 Å². The molecular formula is C18H19ClN2. The van der Waals surface area contributed by atoms with Crippen LogP contribution in [0.2, 0.25) is 5.02 Å². The molecule has 108 valence electrons. The van der Waals surface area contributed by atoms with Gasteiger partial charge in [0.05, 0.1) is 0 Å². The topological polar surface area (TPSA) is 27.8 Å². The second-order valence-electron chi connectivity index (χ2n) is 5.43. The van der Waals surface area contributed by atoms with Gasteiger partial charge >= 0.3 is 0 Å². The van der Waals surface area contributed by atoms with Crippen molar-refractivity contribution in [3.05, 3.63) is 70.9 Å². The third-order valence-corrected chi connectivity index (χ3v) is 4.18. The molecule has 0 aliphatic carbocycles. The quantitative estimate of drug-likeness (QED) is 0.711. The number of fused-ring (bicyclic) bond motifs is 1. The smallest absolute Gasteiger partial charge is 0.0457 e. The molecule has 0 saturated carbocycles. The van der Waals surface area contributed by atoms with Gasteiger partial charge in [-0.3, -0.25) is 0 Å². The highest BCUT2D eigenvalue weighted by molar-refractivity contribution is 6.31. The van der Waals surface area contributed by atoms with E-state index in [1.165, 1.54) is 22.0 Å². The van der Waals surface area contributed by atoms with Gasteiger partial charge in [0.1, 0.15) is 0 Å². The van der Waals surface area contributed by atoms with E-state index in [1.54, 1.807) is 0 Å². The summed E-state index contributed by atoms with van der Waals surface area (Å²) < 4.78 is 0. The summed E-state index contributed by atoms with van der Waals surface area (Å²) in [6.45, 7) is 3.06. The number of nitrogens with one attached hydrogen (secondary N) is 2. The predicted octanol–water partition coefficient (Wildman–Crippen LogP) is 4.54. The first-order valence-corrected chi connectivity index (χ1v) is 7.63. The standard InChI is InChI=1S/C18H19ClN2/c1-13(11-14-5-2-3-7-17(14)19)21-12-15-6-4-8-18-16(15)9-10-20-18/h2-10,13,20-21H,11-12H2,1H3. The molecular weight excluding hydrogens is 280 g/mol. The molecule has 0 aliphatic rings. The molecule has 0 radical (unpaired) electrons. The molecule has 2 aromatic carbocycles. The Hall–Kier alpha value is -1.77. The maximum Gasteiger partial charge on any atom is 0.0457 e. The number of halogens is 1. The highest BCUT2D eigenvalue weighted by Crippen LogP contribution is 2.19. The van der Waals surface area contributed by atoms with Crippen molar-refractivity contribution in [1.29, 1.82) is 0 Å². The van der Waals surface area contributed by atoms with E-state index in [0.29, 0.717) is 6.04 Å². The minimum atomic E-state index is 0.374. The molecule has 2 nitrogen and oxygen atoms in total. The van der Waals surface area contributed by atoms with Crippen LogP contribution < -0.4 is 5.32 Å². The number of rotatable bonds is 5. The molecule has 3 heteroatoms. The first kappa shape index (κ1) is 14.2. The Labute approximate surface area is 130 Å². The van der Waals surface area contributed by atoms with Crippen LogP contribution in [0.3, 0.4) is 0 Å². The van der Waals surface area contributed by atoms with Gasteiger partial charge in [0.15, 0.2) is 0 Å². The Kier molecular flexibility index (Phi) is 4.28. The van der Waals surface area contributed by atoms with Crippen molar-refractivity contribution in [3.63, 3.8) is 0 Å². The van der Waals surface area contributed by atoms with Gasteiger partial charge in [-0.05, 0) is 42.7 Å². The number of aromatic amines is 1. The lowest BCUT2D eigenvalue weighted by Gasteiger charge is -2.15. The molecule has 1 aromatic heterocycles. The van der Waals surface area contributed by atoms with E-state index in [9.17, 15) is 0 Å². The zero-order chi connectivity index (χ0) is 14.7. The lowest BCUT2D eigenvalue weighted by molar-refractivity contribution is 0.547. The highest BCUT2D eigenvalue weighted by atomic mass is 35.5. The van der Waals surface area contributed by atoms with Crippen molar-refractivity contribution in [3.8, 4) is 0 Å². The van der Waals surface area contributed by atoms with Gasteiger partial charge in [-0.1, -0.05) is 41.9 Å². The molecule has 3 aromatic rings. The average Bonchev–Trinajstić information content (AvgIpc) is 2.96. The SMILES string of the molecule is CC(Cc1ccccc1Cl)NCc1cccc2[nH]ccc12. The number of hydrogen-bond acceptors (Lipinski definition) is 1. The van der Waals surface area contributed by atoms with E-state index in [2.05, 4.69) is 47.6 Å². The molecule has 3 rings (SSSR count). The predicted molar refractivity (Wildman–Crippen MR) is 89.8 cm³/mol. The Morgan fingerprint density at radius 3 is 2.71 bits per heavy atom. The summed E-state index contributed by atoms with van der Waals surface area (Å²) in [5, 5.41) is 5.72. The zero-order valence-electron chi connectivity index (χ0n) is 12.1. The third kappa shape index (κ3) is 3.29. The van der Waals surface area contributed by atoms with Crippen molar-refractivity contribution in [2.24, 2.45) is 0 Å². The second-order valence-corrected chi connectivity index (χ2v) is 5.84. The van der Waals surface area contributed by atoms with E-state index in [1.807, 2.05) is 24.4 Å². The van der Waals surface area contributed by atoms with Crippen LogP contribution in [0.1, 0.15) is 18.1 Å². The Balaban J connectivity index is 1.65. The molecule has 1 unspecified atom stereocenters. The van der Waals surface area contributed by atoms with Crippen LogP contribution in [-0.2, 0) is 13.0 Å². The summed E-state index contributed by atoms with van der Waals surface area (Å²) in [5.74, 6) is 0. The number of aromatic nitrogens is 1. The lowest BCUT2D eigenvalue weighted by Crippen LogP contribution is -2.27. The van der Waals surface area contributed by atoms with Gasteiger partial charge in [-0.15, -0.1) is 0 Å². The van der Waals surface area contributed by atoms with Gasteiger partial charge in [0.25, 0.3) is 0 Å². The summed E-state index contributed by atoms with van der Waals surface area (Å²) in [7, 11) is 0.